The van der Waals surface area contributed by atoms with Gasteiger partial charge in [-0.2, -0.15) is 0 Å². The molecule has 116 valence electrons. The molecule has 0 radical (unpaired) electrons. The van der Waals surface area contributed by atoms with E-state index < -0.39 is 103 Å². The first-order chi connectivity index (χ1) is 10.3. The molecule has 0 saturated carbocycles. The SMILES string of the molecule is Fc1c(F)c(F)c2c(c1F)[Te]c1c(F)c(F)c(F)c(F)c1[Te]2. The summed E-state index contributed by atoms with van der Waals surface area (Å²) in [7, 11) is 0. The minimum atomic E-state index is -2.29. The predicted molar refractivity (Wildman–Crippen MR) is 62.6 cm³/mol. The third kappa shape index (κ3) is 2.16. The van der Waals surface area contributed by atoms with Crippen molar-refractivity contribution in [1.29, 1.82) is 0 Å². The van der Waals surface area contributed by atoms with E-state index in [1.807, 2.05) is 0 Å². The molecule has 1 aliphatic rings. The summed E-state index contributed by atoms with van der Waals surface area (Å²) in [6.07, 6.45) is 0. The van der Waals surface area contributed by atoms with Gasteiger partial charge in [0.1, 0.15) is 0 Å². The van der Waals surface area contributed by atoms with E-state index in [1.54, 1.807) is 0 Å². The van der Waals surface area contributed by atoms with Crippen LogP contribution >= 0.6 is 0 Å². The van der Waals surface area contributed by atoms with Gasteiger partial charge in [-0.05, 0) is 0 Å². The maximum atomic E-state index is 13.7. The Morgan fingerprint density at radius 3 is 0.682 bits per heavy atom. The van der Waals surface area contributed by atoms with Crippen LogP contribution in [-0.4, -0.2) is 41.8 Å². The normalized spacial score (nSPS) is 13.1. The molecule has 0 spiro atoms. The first-order valence-corrected chi connectivity index (χ1v) is 9.99. The van der Waals surface area contributed by atoms with Crippen molar-refractivity contribution in [2.45, 2.75) is 0 Å². The minimum absolute atomic E-state index is 0.569. The van der Waals surface area contributed by atoms with Crippen LogP contribution in [0.4, 0.5) is 35.1 Å². The molecule has 1 aliphatic heterocycles. The monoisotopic (exact) mass is 556 g/mol. The Bertz CT molecular complexity index is 698. The van der Waals surface area contributed by atoms with E-state index >= 15 is 0 Å². The van der Waals surface area contributed by atoms with E-state index in [2.05, 4.69) is 0 Å². The van der Waals surface area contributed by atoms with Crippen LogP contribution in [0.5, 0.6) is 0 Å². The van der Waals surface area contributed by atoms with Gasteiger partial charge in [-0.1, -0.05) is 0 Å². The Morgan fingerprint density at radius 2 is 0.500 bits per heavy atom. The predicted octanol–water partition coefficient (Wildman–Crippen LogP) is 0.423. The van der Waals surface area contributed by atoms with Crippen LogP contribution in [-0.2, 0) is 0 Å². The molecular weight excluding hydrogens is 551 g/mol. The Morgan fingerprint density at radius 1 is 0.318 bits per heavy atom. The van der Waals surface area contributed by atoms with Crippen LogP contribution in [0.2, 0.25) is 0 Å². The van der Waals surface area contributed by atoms with Gasteiger partial charge in [0.05, 0.1) is 0 Å². The molecule has 0 N–H and O–H groups in total. The summed E-state index contributed by atoms with van der Waals surface area (Å²) in [5.41, 5.74) is 0. The third-order valence-electron chi connectivity index (χ3n) is 2.77. The van der Waals surface area contributed by atoms with Crippen molar-refractivity contribution in [3.63, 3.8) is 0 Å². The van der Waals surface area contributed by atoms with E-state index in [9.17, 15) is 35.1 Å². The molecule has 0 bridgehead atoms. The molecule has 1 heterocycles. The zero-order chi connectivity index (χ0) is 16.3. The fourth-order valence-electron chi connectivity index (χ4n) is 1.75. The van der Waals surface area contributed by atoms with Crippen molar-refractivity contribution >= 4 is 56.3 Å². The number of hydrogen-bond acceptors (Lipinski definition) is 0. The van der Waals surface area contributed by atoms with Crippen LogP contribution < -0.4 is 14.4 Å². The van der Waals surface area contributed by atoms with Gasteiger partial charge >= 0.3 is 138 Å². The summed E-state index contributed by atoms with van der Waals surface area (Å²) >= 11 is -4.57. The zero-order valence-electron chi connectivity index (χ0n) is 9.84. The molecule has 2 aromatic carbocycles. The van der Waals surface area contributed by atoms with Crippen LogP contribution in [0.1, 0.15) is 0 Å². The van der Waals surface area contributed by atoms with Crippen molar-refractivity contribution in [3.05, 3.63) is 46.5 Å². The molecule has 0 aromatic heterocycles. The summed E-state index contributed by atoms with van der Waals surface area (Å²) in [4.78, 5) is 0. The average Bonchev–Trinajstić information content (AvgIpc) is 2.52. The molecule has 3 rings (SSSR count). The fourth-order valence-corrected chi connectivity index (χ4v) is 10.2. The molecule has 0 unspecified atom stereocenters. The van der Waals surface area contributed by atoms with Crippen molar-refractivity contribution in [2.75, 3.05) is 0 Å². The van der Waals surface area contributed by atoms with E-state index in [1.165, 1.54) is 0 Å². The molecule has 22 heavy (non-hydrogen) atoms. The number of fused-ring (bicyclic) bond motifs is 2. The van der Waals surface area contributed by atoms with E-state index in [0.717, 1.165) is 0 Å². The summed E-state index contributed by atoms with van der Waals surface area (Å²) < 4.78 is 105. The molecule has 0 atom stereocenters. The Hall–Kier alpha value is -0.541. The molecular formula is C12F8Te2. The molecule has 0 amide bonds. The zero-order valence-corrected chi connectivity index (χ0v) is 14.5. The van der Waals surface area contributed by atoms with E-state index in [0.29, 0.717) is 0 Å². The van der Waals surface area contributed by atoms with Gasteiger partial charge in [-0.25, -0.2) is 0 Å². The fraction of sp³-hybridized carbons (Fsp3) is 0. The van der Waals surface area contributed by atoms with Crippen LogP contribution in [0, 0.1) is 46.5 Å². The van der Waals surface area contributed by atoms with Gasteiger partial charge in [0.15, 0.2) is 0 Å². The average molecular weight is 551 g/mol. The Labute approximate surface area is 137 Å². The number of hydrogen-bond donors (Lipinski definition) is 0. The second-order valence-electron chi connectivity index (χ2n) is 4.03. The standard InChI is InChI=1S/C12F8Te2/c13-1-2(14)6(18)10-9(5(1)17)21-11-7(19)3(15)4(16)8(20)12(11)22-10. The molecule has 2 aromatic rings. The van der Waals surface area contributed by atoms with Crippen molar-refractivity contribution < 1.29 is 35.1 Å². The molecule has 10 heteroatoms. The summed E-state index contributed by atoms with van der Waals surface area (Å²) in [5.74, 6) is -15.0. The Balaban J connectivity index is 2.32. The van der Waals surface area contributed by atoms with Crippen LogP contribution in [0.3, 0.4) is 0 Å². The van der Waals surface area contributed by atoms with E-state index in [-0.39, 0.29) is 0 Å². The molecule has 0 saturated heterocycles. The van der Waals surface area contributed by atoms with Gasteiger partial charge in [-0.15, -0.1) is 0 Å². The topological polar surface area (TPSA) is 0 Å². The van der Waals surface area contributed by atoms with Gasteiger partial charge in [0, 0.05) is 0 Å². The number of rotatable bonds is 0. The third-order valence-corrected chi connectivity index (χ3v) is 12.0. The maximum absolute atomic E-state index is 13.7. The quantitative estimate of drug-likeness (QED) is 0.165. The summed E-state index contributed by atoms with van der Waals surface area (Å²) in [6.45, 7) is 0. The summed E-state index contributed by atoms with van der Waals surface area (Å²) in [6, 6.07) is 0. The van der Waals surface area contributed by atoms with Crippen molar-refractivity contribution in [3.8, 4) is 0 Å². The molecule has 0 nitrogen and oxygen atoms in total. The Kier molecular flexibility index (Phi) is 4.10. The first kappa shape index (κ1) is 16.3. The second-order valence-corrected chi connectivity index (χ2v) is 9.86. The molecule has 0 fully saturated rings. The van der Waals surface area contributed by atoms with Gasteiger partial charge < -0.3 is 0 Å². The van der Waals surface area contributed by atoms with Gasteiger partial charge in [-0.3, -0.25) is 0 Å². The van der Waals surface area contributed by atoms with E-state index in [4.69, 9.17) is 0 Å². The van der Waals surface area contributed by atoms with Crippen molar-refractivity contribution in [2.24, 2.45) is 0 Å². The van der Waals surface area contributed by atoms with Crippen molar-refractivity contribution in [1.82, 2.24) is 0 Å². The second kappa shape index (κ2) is 5.52. The number of halogens is 8. The van der Waals surface area contributed by atoms with Gasteiger partial charge in [0.25, 0.3) is 0 Å². The number of benzene rings is 2. The van der Waals surface area contributed by atoms with Crippen LogP contribution in [0.25, 0.3) is 0 Å². The first-order valence-electron chi connectivity index (χ1n) is 5.33. The summed E-state index contributed by atoms with van der Waals surface area (Å²) in [5, 5.41) is 0. The van der Waals surface area contributed by atoms with Gasteiger partial charge in [0.2, 0.25) is 0 Å². The van der Waals surface area contributed by atoms with Crippen LogP contribution in [0.15, 0.2) is 0 Å². The molecule has 0 aliphatic carbocycles.